The molecular formula is C15H22N2O. The van der Waals surface area contributed by atoms with Gasteiger partial charge in [-0.05, 0) is 32.9 Å². The van der Waals surface area contributed by atoms with E-state index in [9.17, 15) is 0 Å². The Morgan fingerprint density at radius 2 is 1.89 bits per heavy atom. The third kappa shape index (κ3) is 4.24. The zero-order valence-corrected chi connectivity index (χ0v) is 11.8. The van der Waals surface area contributed by atoms with Crippen LogP contribution in [0.4, 0.5) is 5.69 Å². The lowest BCUT2D eigenvalue weighted by atomic mass is 10.1. The van der Waals surface area contributed by atoms with Crippen LogP contribution in [0.2, 0.25) is 0 Å². The number of aromatic nitrogens is 1. The molecule has 3 heteroatoms. The van der Waals surface area contributed by atoms with Gasteiger partial charge in [-0.15, -0.1) is 0 Å². The Kier molecular flexibility index (Phi) is 4.95. The molecule has 18 heavy (non-hydrogen) atoms. The topological polar surface area (TPSA) is 38.1 Å². The van der Waals surface area contributed by atoms with Crippen LogP contribution in [0.15, 0.2) is 41.3 Å². The molecule has 0 saturated heterocycles. The summed E-state index contributed by atoms with van der Waals surface area (Å²) in [6.45, 7) is 10.4. The predicted octanol–water partition coefficient (Wildman–Crippen LogP) is 4.58. The molecular weight excluding hydrogens is 224 g/mol. The van der Waals surface area contributed by atoms with E-state index in [1.165, 1.54) is 6.39 Å². The van der Waals surface area contributed by atoms with E-state index in [1.807, 2.05) is 32.0 Å². The second-order valence-electron chi connectivity index (χ2n) is 4.82. The maximum absolute atomic E-state index is 5.27. The number of nitrogens with zero attached hydrogens (tertiary/aromatic N) is 1. The third-order valence-electron chi connectivity index (χ3n) is 2.10. The number of rotatable bonds is 2. The van der Waals surface area contributed by atoms with E-state index < -0.39 is 0 Å². The molecule has 0 atom stereocenters. The van der Waals surface area contributed by atoms with Crippen molar-refractivity contribution in [2.45, 2.75) is 40.2 Å². The Balaban J connectivity index is 0.000000771. The number of hydrogen-bond acceptors (Lipinski definition) is 3. The number of nitrogens with one attached hydrogen (secondary N) is 1. The van der Waals surface area contributed by atoms with Crippen LogP contribution in [-0.4, -0.2) is 10.5 Å². The van der Waals surface area contributed by atoms with Crippen LogP contribution in [0.3, 0.4) is 0 Å². The summed E-state index contributed by atoms with van der Waals surface area (Å²) in [5.41, 5.74) is 2.17. The Labute approximate surface area is 109 Å². The fourth-order valence-electron chi connectivity index (χ4n) is 1.54. The van der Waals surface area contributed by atoms with Gasteiger partial charge in [0.2, 0.25) is 0 Å². The maximum atomic E-state index is 5.27. The van der Waals surface area contributed by atoms with E-state index in [-0.39, 0.29) is 5.54 Å². The van der Waals surface area contributed by atoms with Crippen molar-refractivity contribution in [3.05, 3.63) is 36.9 Å². The highest BCUT2D eigenvalue weighted by molar-refractivity contribution is 5.63. The summed E-state index contributed by atoms with van der Waals surface area (Å²) in [4.78, 5) is 3.92. The highest BCUT2D eigenvalue weighted by Gasteiger charge is 2.10. The van der Waals surface area contributed by atoms with Crippen LogP contribution in [0.25, 0.3) is 11.3 Å². The summed E-state index contributed by atoms with van der Waals surface area (Å²) in [6, 6.07) is 8.12. The molecule has 0 radical (unpaired) electrons. The molecule has 3 nitrogen and oxygen atoms in total. The van der Waals surface area contributed by atoms with Gasteiger partial charge in [0.05, 0.1) is 6.20 Å². The zero-order chi connectivity index (χ0) is 13.6. The van der Waals surface area contributed by atoms with Gasteiger partial charge in [0, 0.05) is 16.8 Å². The first-order valence-electron chi connectivity index (χ1n) is 6.32. The predicted molar refractivity (Wildman–Crippen MR) is 76.7 cm³/mol. The van der Waals surface area contributed by atoms with Gasteiger partial charge < -0.3 is 9.73 Å². The fourth-order valence-corrected chi connectivity index (χ4v) is 1.54. The van der Waals surface area contributed by atoms with Crippen molar-refractivity contribution in [3.63, 3.8) is 0 Å². The van der Waals surface area contributed by atoms with E-state index in [0.29, 0.717) is 0 Å². The van der Waals surface area contributed by atoms with Gasteiger partial charge in [0.25, 0.3) is 0 Å². The normalized spacial score (nSPS) is 10.5. The molecule has 0 amide bonds. The van der Waals surface area contributed by atoms with Crippen molar-refractivity contribution in [2.24, 2.45) is 0 Å². The van der Waals surface area contributed by atoms with Crippen molar-refractivity contribution in [1.29, 1.82) is 0 Å². The number of oxazole rings is 1. The van der Waals surface area contributed by atoms with Crippen LogP contribution in [-0.2, 0) is 0 Å². The molecule has 1 aromatic heterocycles. The molecule has 0 unspecified atom stereocenters. The van der Waals surface area contributed by atoms with Gasteiger partial charge in [-0.1, -0.05) is 26.0 Å². The summed E-state index contributed by atoms with van der Waals surface area (Å²) in [5.74, 6) is 0.789. The van der Waals surface area contributed by atoms with Gasteiger partial charge in [-0.2, -0.15) is 0 Å². The molecule has 1 aromatic carbocycles. The first-order chi connectivity index (χ1) is 8.54. The first kappa shape index (κ1) is 14.3. The summed E-state index contributed by atoms with van der Waals surface area (Å²) in [7, 11) is 0. The molecule has 0 aliphatic heterocycles. The largest absolute Gasteiger partial charge is 0.444 e. The smallest absolute Gasteiger partial charge is 0.181 e. The van der Waals surface area contributed by atoms with Crippen molar-refractivity contribution < 1.29 is 4.42 Å². The molecule has 0 bridgehead atoms. The Morgan fingerprint density at radius 1 is 1.17 bits per heavy atom. The lowest BCUT2D eigenvalue weighted by molar-refractivity contribution is 0.572. The summed E-state index contributed by atoms with van der Waals surface area (Å²) >= 11 is 0. The van der Waals surface area contributed by atoms with Crippen LogP contribution in [0.5, 0.6) is 0 Å². The molecule has 0 saturated carbocycles. The molecule has 2 rings (SSSR count). The van der Waals surface area contributed by atoms with E-state index in [4.69, 9.17) is 4.42 Å². The molecule has 2 aromatic rings. The summed E-state index contributed by atoms with van der Waals surface area (Å²) < 4.78 is 5.27. The Bertz CT molecular complexity index is 456. The maximum Gasteiger partial charge on any atom is 0.181 e. The molecule has 0 aliphatic rings. The van der Waals surface area contributed by atoms with E-state index in [2.05, 4.69) is 37.1 Å². The van der Waals surface area contributed by atoms with Gasteiger partial charge in [0.15, 0.2) is 12.2 Å². The number of anilines is 1. The van der Waals surface area contributed by atoms with Crippen LogP contribution >= 0.6 is 0 Å². The summed E-state index contributed by atoms with van der Waals surface area (Å²) in [6.07, 6.45) is 3.16. The van der Waals surface area contributed by atoms with Gasteiger partial charge in [-0.25, -0.2) is 4.98 Å². The van der Waals surface area contributed by atoms with Crippen molar-refractivity contribution >= 4 is 5.69 Å². The highest BCUT2D eigenvalue weighted by atomic mass is 16.3. The molecule has 0 fully saturated rings. The highest BCUT2D eigenvalue weighted by Crippen LogP contribution is 2.23. The monoisotopic (exact) mass is 246 g/mol. The van der Waals surface area contributed by atoms with Crippen molar-refractivity contribution in [3.8, 4) is 11.3 Å². The molecule has 98 valence electrons. The molecule has 1 heterocycles. The van der Waals surface area contributed by atoms with Gasteiger partial charge >= 0.3 is 0 Å². The van der Waals surface area contributed by atoms with E-state index in [0.717, 1.165) is 17.0 Å². The number of benzene rings is 1. The fraction of sp³-hybridized carbons (Fsp3) is 0.400. The standard InChI is InChI=1S/C13H16N2O.C2H6/c1-13(2,3)15-11-6-4-5-10(7-11)12-8-14-9-16-12;1-2/h4-9,15H,1-3H3;1-2H3. The zero-order valence-electron chi connectivity index (χ0n) is 11.8. The average molecular weight is 246 g/mol. The Hall–Kier alpha value is -1.77. The number of hydrogen-bond donors (Lipinski definition) is 1. The lowest BCUT2D eigenvalue weighted by Crippen LogP contribution is -2.25. The van der Waals surface area contributed by atoms with Gasteiger partial charge in [0.1, 0.15) is 0 Å². The quantitative estimate of drug-likeness (QED) is 0.843. The van der Waals surface area contributed by atoms with E-state index >= 15 is 0 Å². The van der Waals surface area contributed by atoms with Crippen molar-refractivity contribution in [1.82, 2.24) is 4.98 Å². The van der Waals surface area contributed by atoms with Crippen LogP contribution < -0.4 is 5.32 Å². The van der Waals surface area contributed by atoms with Gasteiger partial charge in [-0.3, -0.25) is 0 Å². The third-order valence-corrected chi connectivity index (χ3v) is 2.10. The lowest BCUT2D eigenvalue weighted by Gasteiger charge is -2.22. The van der Waals surface area contributed by atoms with Crippen molar-refractivity contribution in [2.75, 3.05) is 5.32 Å². The minimum Gasteiger partial charge on any atom is -0.444 e. The molecule has 0 spiro atoms. The second kappa shape index (κ2) is 6.24. The SMILES string of the molecule is CC.CC(C)(C)Nc1cccc(-c2cnco2)c1. The Morgan fingerprint density at radius 3 is 2.44 bits per heavy atom. The molecule has 1 N–H and O–H groups in total. The second-order valence-corrected chi connectivity index (χ2v) is 4.82. The average Bonchev–Trinajstić information content (AvgIpc) is 2.83. The summed E-state index contributed by atoms with van der Waals surface area (Å²) in [5, 5.41) is 3.42. The van der Waals surface area contributed by atoms with Crippen LogP contribution in [0, 0.1) is 0 Å². The minimum atomic E-state index is 0.0556. The first-order valence-corrected chi connectivity index (χ1v) is 6.32. The van der Waals surface area contributed by atoms with E-state index in [1.54, 1.807) is 6.20 Å². The molecule has 0 aliphatic carbocycles. The van der Waals surface area contributed by atoms with Crippen LogP contribution in [0.1, 0.15) is 34.6 Å². The minimum absolute atomic E-state index is 0.0556.